The van der Waals surface area contributed by atoms with Gasteiger partial charge in [-0.2, -0.15) is 0 Å². The Morgan fingerprint density at radius 1 is 0.667 bits per heavy atom. The van der Waals surface area contributed by atoms with Crippen LogP contribution in [0.25, 0.3) is 71.6 Å². The Labute approximate surface area is 227 Å². The first kappa shape index (κ1) is 22.3. The first-order valence-electron chi connectivity index (χ1n) is 13.9. The van der Waals surface area contributed by atoms with Crippen LogP contribution in [0.4, 0.5) is 0 Å². The predicted octanol–water partition coefficient (Wildman–Crippen LogP) is 9.81. The molecule has 0 radical (unpaired) electrons. The summed E-state index contributed by atoms with van der Waals surface area (Å²) in [6.07, 6.45) is 10.8. The molecule has 186 valence electrons. The molecule has 0 amide bonds. The minimum absolute atomic E-state index is 0.964. The third-order valence-electron chi connectivity index (χ3n) is 8.55. The molecule has 5 aromatic carbocycles. The summed E-state index contributed by atoms with van der Waals surface area (Å²) < 4.78 is 2.47. The Morgan fingerprint density at radius 2 is 1.31 bits per heavy atom. The predicted molar refractivity (Wildman–Crippen MR) is 166 cm³/mol. The Bertz CT molecular complexity index is 2070. The topological polar surface area (TPSA) is 17.8 Å². The number of aromatic nitrogens is 2. The summed E-state index contributed by atoms with van der Waals surface area (Å²) in [7, 11) is 0. The van der Waals surface area contributed by atoms with Crippen molar-refractivity contribution in [2.45, 2.75) is 26.3 Å². The highest BCUT2D eigenvalue weighted by atomic mass is 15.0. The standard InChI is InChI=1S/C37H28N2/c1-2-39-36-14-8-7-13-32(36)33-18-16-25(22-37(33)39)35-23-38-20-19-26(35)24-15-17-31-29-11-4-3-9-27(29)28-10-5-6-12-30(28)34(31)21-24/h3-6,8-12,14-23H,2,7,13H2,1H3. The number of benzene rings is 5. The number of pyridine rings is 1. The maximum atomic E-state index is 4.57. The molecule has 0 fully saturated rings. The number of aryl methyl sites for hydroxylation is 2. The van der Waals surface area contributed by atoms with Crippen molar-refractivity contribution >= 4 is 49.3 Å². The number of hydrogen-bond donors (Lipinski definition) is 0. The van der Waals surface area contributed by atoms with Crippen molar-refractivity contribution in [3.63, 3.8) is 0 Å². The zero-order valence-corrected chi connectivity index (χ0v) is 22.0. The highest BCUT2D eigenvalue weighted by Crippen LogP contribution is 2.40. The van der Waals surface area contributed by atoms with Gasteiger partial charge >= 0.3 is 0 Å². The van der Waals surface area contributed by atoms with Gasteiger partial charge in [-0.25, -0.2) is 0 Å². The SMILES string of the molecule is CCn1c2c(c3ccc(-c4cnccc4-c4ccc5c6ccccc6c6ccccc6c5c4)cc31)CCC=C2. The van der Waals surface area contributed by atoms with E-state index in [1.807, 2.05) is 12.4 Å². The Hall–Kier alpha value is -4.69. The van der Waals surface area contributed by atoms with Crippen LogP contribution in [0.15, 0.2) is 109 Å². The van der Waals surface area contributed by atoms with Crippen LogP contribution in [0.3, 0.4) is 0 Å². The van der Waals surface area contributed by atoms with Crippen molar-refractivity contribution in [3.8, 4) is 22.3 Å². The largest absolute Gasteiger partial charge is 0.341 e. The monoisotopic (exact) mass is 500 g/mol. The van der Waals surface area contributed by atoms with E-state index in [1.54, 1.807) is 0 Å². The molecule has 1 aliphatic rings. The number of nitrogens with zero attached hydrogens (tertiary/aromatic N) is 2. The fourth-order valence-corrected chi connectivity index (χ4v) is 6.78. The van der Waals surface area contributed by atoms with Crippen molar-refractivity contribution in [2.24, 2.45) is 0 Å². The summed E-state index contributed by atoms with van der Waals surface area (Å²) in [6.45, 7) is 3.21. The van der Waals surface area contributed by atoms with E-state index >= 15 is 0 Å². The van der Waals surface area contributed by atoms with Gasteiger partial charge in [0.25, 0.3) is 0 Å². The van der Waals surface area contributed by atoms with Crippen LogP contribution in [0, 0.1) is 0 Å². The van der Waals surface area contributed by atoms with Crippen molar-refractivity contribution in [2.75, 3.05) is 0 Å². The molecular formula is C37H28N2. The molecule has 2 heterocycles. The summed E-state index contributed by atoms with van der Waals surface area (Å²) in [6, 6.07) is 33.6. The lowest BCUT2D eigenvalue weighted by Gasteiger charge is -2.14. The van der Waals surface area contributed by atoms with Gasteiger partial charge in [-0.1, -0.05) is 78.9 Å². The van der Waals surface area contributed by atoms with E-state index in [2.05, 4.69) is 120 Å². The third-order valence-corrected chi connectivity index (χ3v) is 8.55. The lowest BCUT2D eigenvalue weighted by Crippen LogP contribution is -2.00. The minimum atomic E-state index is 0.964. The average Bonchev–Trinajstić information content (AvgIpc) is 3.34. The van der Waals surface area contributed by atoms with Crippen LogP contribution in [0.1, 0.15) is 24.6 Å². The van der Waals surface area contributed by atoms with E-state index in [1.165, 1.54) is 76.7 Å². The summed E-state index contributed by atoms with van der Waals surface area (Å²) in [5.41, 5.74) is 8.98. The molecule has 39 heavy (non-hydrogen) atoms. The minimum Gasteiger partial charge on any atom is -0.341 e. The molecule has 0 saturated carbocycles. The van der Waals surface area contributed by atoms with E-state index in [4.69, 9.17) is 0 Å². The molecule has 0 bridgehead atoms. The van der Waals surface area contributed by atoms with Gasteiger partial charge in [0.15, 0.2) is 0 Å². The molecule has 0 atom stereocenters. The van der Waals surface area contributed by atoms with Crippen LogP contribution < -0.4 is 0 Å². The van der Waals surface area contributed by atoms with Crippen LogP contribution in [-0.4, -0.2) is 9.55 Å². The van der Waals surface area contributed by atoms with E-state index < -0.39 is 0 Å². The summed E-state index contributed by atoms with van der Waals surface area (Å²) in [5, 5.41) is 9.18. The molecule has 1 aliphatic carbocycles. The van der Waals surface area contributed by atoms with Crippen molar-refractivity contribution < 1.29 is 0 Å². The molecular weight excluding hydrogens is 472 g/mol. The van der Waals surface area contributed by atoms with Crippen LogP contribution in [0.5, 0.6) is 0 Å². The zero-order valence-electron chi connectivity index (χ0n) is 22.0. The fraction of sp³-hybridized carbons (Fsp3) is 0.108. The second kappa shape index (κ2) is 8.68. The van der Waals surface area contributed by atoms with Crippen molar-refractivity contribution in [1.29, 1.82) is 0 Å². The van der Waals surface area contributed by atoms with Crippen molar-refractivity contribution in [1.82, 2.24) is 9.55 Å². The molecule has 0 spiro atoms. The third kappa shape index (κ3) is 3.31. The molecule has 0 aliphatic heterocycles. The first-order chi connectivity index (χ1) is 19.3. The number of hydrogen-bond acceptors (Lipinski definition) is 1. The van der Waals surface area contributed by atoms with Crippen LogP contribution in [-0.2, 0) is 13.0 Å². The molecule has 2 aromatic heterocycles. The summed E-state index contributed by atoms with van der Waals surface area (Å²) in [5.74, 6) is 0. The van der Waals surface area contributed by atoms with Gasteiger partial charge in [-0.05, 0) is 98.6 Å². The second-order valence-corrected chi connectivity index (χ2v) is 10.6. The first-order valence-corrected chi connectivity index (χ1v) is 13.9. The maximum Gasteiger partial charge on any atom is 0.0494 e. The van der Waals surface area contributed by atoms with Gasteiger partial charge in [-0.15, -0.1) is 0 Å². The normalized spacial score (nSPS) is 13.1. The second-order valence-electron chi connectivity index (χ2n) is 10.6. The fourth-order valence-electron chi connectivity index (χ4n) is 6.78. The summed E-state index contributed by atoms with van der Waals surface area (Å²) in [4.78, 5) is 4.57. The number of fused-ring (bicyclic) bond motifs is 9. The molecule has 0 saturated heterocycles. The molecule has 0 unspecified atom stereocenters. The van der Waals surface area contributed by atoms with Gasteiger partial charge in [-0.3, -0.25) is 4.98 Å². The Kier molecular flexibility index (Phi) is 4.96. The Balaban J connectivity index is 1.36. The summed E-state index contributed by atoms with van der Waals surface area (Å²) >= 11 is 0. The van der Waals surface area contributed by atoms with E-state index in [-0.39, 0.29) is 0 Å². The van der Waals surface area contributed by atoms with Gasteiger partial charge in [0.1, 0.15) is 0 Å². The lowest BCUT2D eigenvalue weighted by atomic mass is 9.90. The smallest absolute Gasteiger partial charge is 0.0494 e. The van der Waals surface area contributed by atoms with Gasteiger partial charge in [0.2, 0.25) is 0 Å². The average molecular weight is 501 g/mol. The molecule has 0 N–H and O–H groups in total. The highest BCUT2D eigenvalue weighted by molar-refractivity contribution is 6.25. The highest BCUT2D eigenvalue weighted by Gasteiger charge is 2.18. The van der Waals surface area contributed by atoms with Crippen LogP contribution in [0.2, 0.25) is 0 Å². The zero-order chi connectivity index (χ0) is 25.9. The number of rotatable bonds is 3. The lowest BCUT2D eigenvalue weighted by molar-refractivity contribution is 0.778. The van der Waals surface area contributed by atoms with E-state index in [0.717, 1.165) is 19.4 Å². The van der Waals surface area contributed by atoms with Gasteiger partial charge in [0.05, 0.1) is 0 Å². The molecule has 2 heteroatoms. The maximum absolute atomic E-state index is 4.57. The van der Waals surface area contributed by atoms with E-state index in [9.17, 15) is 0 Å². The number of allylic oxidation sites excluding steroid dienone is 1. The molecule has 8 rings (SSSR count). The quantitative estimate of drug-likeness (QED) is 0.221. The Morgan fingerprint density at radius 3 is 2.03 bits per heavy atom. The molecule has 7 aromatic rings. The van der Waals surface area contributed by atoms with Crippen LogP contribution >= 0.6 is 0 Å². The van der Waals surface area contributed by atoms with Gasteiger partial charge < -0.3 is 4.57 Å². The molecule has 2 nitrogen and oxygen atoms in total. The van der Waals surface area contributed by atoms with E-state index in [0.29, 0.717) is 0 Å². The van der Waals surface area contributed by atoms with Crippen molar-refractivity contribution in [3.05, 3.63) is 121 Å². The van der Waals surface area contributed by atoms with Gasteiger partial charge in [0, 0.05) is 41.1 Å².